The predicted octanol–water partition coefficient (Wildman–Crippen LogP) is 3.62. The second-order valence-corrected chi connectivity index (χ2v) is 7.28. The van der Waals surface area contributed by atoms with Crippen molar-refractivity contribution in [3.8, 4) is 5.69 Å². The molecule has 1 N–H and O–H groups in total. The Morgan fingerprint density at radius 1 is 1.27 bits per heavy atom. The Morgan fingerprint density at radius 2 is 2.00 bits per heavy atom. The van der Waals surface area contributed by atoms with Gasteiger partial charge < -0.3 is 0 Å². The lowest BCUT2D eigenvalue weighted by Gasteiger charge is -2.35. The van der Waals surface area contributed by atoms with E-state index < -0.39 is 11.6 Å². The van der Waals surface area contributed by atoms with Crippen molar-refractivity contribution in [2.24, 2.45) is 5.41 Å². The fourth-order valence-electron chi connectivity index (χ4n) is 4.59. The largest absolute Gasteiger partial charge is 0.268 e. The van der Waals surface area contributed by atoms with E-state index in [1.165, 1.54) is 16.8 Å². The number of fused-ring (bicyclic) bond motifs is 5. The Kier molecular flexibility index (Phi) is 2.43. The highest BCUT2D eigenvalue weighted by Crippen LogP contribution is 2.67. The van der Waals surface area contributed by atoms with Gasteiger partial charge in [0.25, 0.3) is 5.56 Å². The van der Waals surface area contributed by atoms with Crippen LogP contribution in [0.15, 0.2) is 23.0 Å². The Bertz CT molecular complexity index is 849. The molecule has 2 aromatic rings. The van der Waals surface area contributed by atoms with E-state index in [0.717, 1.165) is 30.2 Å². The number of nitrogens with zero attached hydrogens (tertiary/aromatic N) is 1. The fraction of sp³-hybridized carbons (Fsp3) is 0.471. The molecule has 3 nitrogen and oxygen atoms in total. The lowest BCUT2D eigenvalue weighted by atomic mass is 9.70. The van der Waals surface area contributed by atoms with Crippen LogP contribution < -0.4 is 5.56 Å². The maximum atomic E-state index is 14.2. The second-order valence-electron chi connectivity index (χ2n) is 7.28. The summed E-state index contributed by atoms with van der Waals surface area (Å²) in [4.78, 5) is 12.4. The lowest BCUT2D eigenvalue weighted by molar-refractivity contribution is 0.221. The molecule has 0 saturated heterocycles. The summed E-state index contributed by atoms with van der Waals surface area (Å²) in [6.07, 6.45) is 1.95. The van der Waals surface area contributed by atoms with Gasteiger partial charge in [0.15, 0.2) is 5.82 Å². The summed E-state index contributed by atoms with van der Waals surface area (Å²) in [5, 5.41) is 2.75. The molecule has 22 heavy (non-hydrogen) atoms. The number of hydrogen-bond acceptors (Lipinski definition) is 1. The third kappa shape index (κ3) is 1.37. The lowest BCUT2D eigenvalue weighted by Crippen LogP contribution is -2.34. The van der Waals surface area contributed by atoms with E-state index in [1.807, 2.05) is 0 Å². The molecule has 2 aliphatic carbocycles. The third-order valence-corrected chi connectivity index (χ3v) is 6.18. The topological polar surface area (TPSA) is 37.8 Å². The van der Waals surface area contributed by atoms with Crippen LogP contribution in [0.1, 0.15) is 50.8 Å². The zero-order valence-electron chi connectivity index (χ0n) is 12.8. The molecule has 1 aromatic carbocycles. The second kappa shape index (κ2) is 3.89. The van der Waals surface area contributed by atoms with Crippen LogP contribution in [0.5, 0.6) is 0 Å². The van der Waals surface area contributed by atoms with Crippen molar-refractivity contribution in [1.82, 2.24) is 9.78 Å². The molecule has 2 unspecified atom stereocenters. The molecule has 0 aliphatic heterocycles. The first-order valence-corrected chi connectivity index (χ1v) is 7.58. The summed E-state index contributed by atoms with van der Waals surface area (Å²) in [5.74, 6) is -1.10. The van der Waals surface area contributed by atoms with E-state index >= 15 is 0 Å². The molecule has 0 amide bonds. The van der Waals surface area contributed by atoms with Gasteiger partial charge in [-0.25, -0.2) is 8.78 Å². The Morgan fingerprint density at radius 3 is 2.68 bits per heavy atom. The molecule has 1 fully saturated rings. The summed E-state index contributed by atoms with van der Waals surface area (Å²) >= 11 is 0. The van der Waals surface area contributed by atoms with Crippen LogP contribution in [0, 0.1) is 17.0 Å². The number of aromatic nitrogens is 2. The number of H-pyrrole nitrogens is 1. The number of aromatic amines is 1. The Labute approximate surface area is 126 Å². The third-order valence-electron chi connectivity index (χ3n) is 6.18. The van der Waals surface area contributed by atoms with Crippen LogP contribution in [0.25, 0.3) is 5.69 Å². The van der Waals surface area contributed by atoms with E-state index in [9.17, 15) is 13.6 Å². The summed E-state index contributed by atoms with van der Waals surface area (Å²) < 4.78 is 28.9. The molecule has 1 aromatic heterocycles. The molecular formula is C17H18F2N2O. The van der Waals surface area contributed by atoms with Gasteiger partial charge in [-0.3, -0.25) is 14.6 Å². The van der Waals surface area contributed by atoms with Gasteiger partial charge in [0, 0.05) is 17.0 Å². The SMILES string of the molecule is CC12CCC(c3c1n(-c1ccc(F)cc1F)[nH]c3=O)C2(C)C. The van der Waals surface area contributed by atoms with E-state index in [0.29, 0.717) is 0 Å². The minimum atomic E-state index is -0.668. The zero-order valence-corrected chi connectivity index (χ0v) is 12.8. The van der Waals surface area contributed by atoms with Crippen molar-refractivity contribution < 1.29 is 8.78 Å². The predicted molar refractivity (Wildman–Crippen MR) is 79.4 cm³/mol. The quantitative estimate of drug-likeness (QED) is 0.858. The van der Waals surface area contributed by atoms with Crippen molar-refractivity contribution in [1.29, 1.82) is 0 Å². The van der Waals surface area contributed by atoms with Gasteiger partial charge in [0.05, 0.1) is 11.4 Å². The standard InChI is InChI=1S/C17H18F2N2O/c1-16(2)10-6-7-17(16,3)14-13(10)15(22)20-21(14)12-5-4-9(18)8-11(12)19/h4-5,8,10H,6-7H2,1-3H3,(H,20,22). The highest BCUT2D eigenvalue weighted by Gasteiger charge is 2.62. The molecule has 0 radical (unpaired) electrons. The van der Waals surface area contributed by atoms with E-state index in [-0.39, 0.29) is 28.0 Å². The summed E-state index contributed by atoms with van der Waals surface area (Å²) in [5.41, 5.74) is 1.47. The maximum absolute atomic E-state index is 14.2. The summed E-state index contributed by atoms with van der Waals surface area (Å²) in [6.45, 7) is 6.50. The normalized spacial score (nSPS) is 28.1. The van der Waals surface area contributed by atoms with Crippen molar-refractivity contribution in [2.75, 3.05) is 0 Å². The molecule has 4 rings (SSSR count). The fourth-order valence-corrected chi connectivity index (χ4v) is 4.59. The van der Waals surface area contributed by atoms with Gasteiger partial charge in [-0.2, -0.15) is 0 Å². The number of hydrogen-bond donors (Lipinski definition) is 1. The van der Waals surface area contributed by atoms with Gasteiger partial charge in [-0.15, -0.1) is 0 Å². The molecule has 1 heterocycles. The first-order valence-electron chi connectivity index (χ1n) is 7.58. The van der Waals surface area contributed by atoms with Crippen LogP contribution in [-0.2, 0) is 5.41 Å². The molecule has 116 valence electrons. The number of benzene rings is 1. The first-order chi connectivity index (χ1) is 10.3. The molecular weight excluding hydrogens is 286 g/mol. The molecule has 1 saturated carbocycles. The first kappa shape index (κ1) is 13.7. The van der Waals surface area contributed by atoms with E-state index in [1.54, 1.807) is 0 Å². The average molecular weight is 304 g/mol. The minimum Gasteiger partial charge on any atom is -0.268 e. The Balaban J connectivity index is 2.03. The molecule has 5 heteroatoms. The number of rotatable bonds is 1. The highest BCUT2D eigenvalue weighted by atomic mass is 19.1. The smallest absolute Gasteiger partial charge is 0.268 e. The van der Waals surface area contributed by atoms with Crippen LogP contribution in [0.2, 0.25) is 0 Å². The van der Waals surface area contributed by atoms with Crippen molar-refractivity contribution in [2.45, 2.75) is 44.9 Å². The summed E-state index contributed by atoms with van der Waals surface area (Å²) in [7, 11) is 0. The van der Waals surface area contributed by atoms with Crippen LogP contribution in [0.4, 0.5) is 8.78 Å². The number of halogens is 2. The summed E-state index contributed by atoms with van der Waals surface area (Å²) in [6, 6.07) is 3.44. The van der Waals surface area contributed by atoms with E-state index in [2.05, 4.69) is 25.9 Å². The van der Waals surface area contributed by atoms with E-state index in [4.69, 9.17) is 0 Å². The Hall–Kier alpha value is -1.91. The van der Waals surface area contributed by atoms with Gasteiger partial charge in [0.1, 0.15) is 5.82 Å². The molecule has 2 aliphatic rings. The van der Waals surface area contributed by atoms with Crippen LogP contribution in [-0.4, -0.2) is 9.78 Å². The molecule has 2 atom stereocenters. The van der Waals surface area contributed by atoms with Crippen LogP contribution in [0.3, 0.4) is 0 Å². The van der Waals surface area contributed by atoms with Crippen molar-refractivity contribution in [3.63, 3.8) is 0 Å². The highest BCUT2D eigenvalue weighted by molar-refractivity contribution is 5.49. The van der Waals surface area contributed by atoms with Gasteiger partial charge in [0.2, 0.25) is 0 Å². The number of nitrogens with one attached hydrogen (secondary N) is 1. The zero-order chi connectivity index (χ0) is 15.9. The molecule has 0 spiro atoms. The monoisotopic (exact) mass is 304 g/mol. The van der Waals surface area contributed by atoms with Crippen molar-refractivity contribution >= 4 is 0 Å². The van der Waals surface area contributed by atoms with Gasteiger partial charge >= 0.3 is 0 Å². The average Bonchev–Trinajstić information content (AvgIpc) is 2.94. The van der Waals surface area contributed by atoms with Crippen LogP contribution >= 0.6 is 0 Å². The van der Waals surface area contributed by atoms with Gasteiger partial charge in [-0.1, -0.05) is 20.8 Å². The maximum Gasteiger partial charge on any atom is 0.268 e. The molecule has 2 bridgehead atoms. The minimum absolute atomic E-state index is 0.0375. The van der Waals surface area contributed by atoms with Crippen molar-refractivity contribution in [3.05, 3.63) is 51.4 Å². The van der Waals surface area contributed by atoms with Gasteiger partial charge in [-0.05, 0) is 36.3 Å².